The van der Waals surface area contributed by atoms with Crippen molar-refractivity contribution in [3.05, 3.63) is 64.8 Å². The van der Waals surface area contributed by atoms with Gasteiger partial charge in [-0.25, -0.2) is 0 Å². The third-order valence-electron chi connectivity index (χ3n) is 5.44. The fourth-order valence-electron chi connectivity index (χ4n) is 4.11. The average Bonchev–Trinajstić information content (AvgIpc) is 2.68. The van der Waals surface area contributed by atoms with E-state index in [9.17, 15) is 4.79 Å². The van der Waals surface area contributed by atoms with E-state index in [1.54, 1.807) is 0 Å². The SMILES string of the molecule is CCc1c(C)nc2ccccc2c1NCC(=O)N(c1c(C)cccc1C)C(C)C. The second-order valence-corrected chi connectivity index (χ2v) is 7.87. The standard InChI is InChI=1S/C25H31N3O/c1-7-20-19(6)27-22-14-9-8-13-21(22)24(20)26-15-23(29)28(16(2)3)25-17(4)11-10-12-18(25)5/h8-14,16H,7,15H2,1-6H3,(H,26,27). The van der Waals surface area contributed by atoms with Gasteiger partial charge in [0.2, 0.25) is 5.91 Å². The predicted octanol–water partition coefficient (Wildman–Crippen LogP) is 5.58. The van der Waals surface area contributed by atoms with E-state index in [0.717, 1.165) is 45.5 Å². The minimum atomic E-state index is 0.0676. The van der Waals surface area contributed by atoms with E-state index in [-0.39, 0.29) is 18.5 Å². The van der Waals surface area contributed by atoms with Crippen LogP contribution in [0.3, 0.4) is 0 Å². The molecule has 0 saturated carbocycles. The number of amides is 1. The molecule has 2 aromatic carbocycles. The number of fused-ring (bicyclic) bond motifs is 1. The van der Waals surface area contributed by atoms with Gasteiger partial charge in [-0.3, -0.25) is 9.78 Å². The van der Waals surface area contributed by atoms with E-state index in [4.69, 9.17) is 4.98 Å². The molecule has 4 heteroatoms. The fourth-order valence-corrected chi connectivity index (χ4v) is 4.11. The van der Waals surface area contributed by atoms with Crippen LogP contribution in [-0.4, -0.2) is 23.5 Å². The maximum atomic E-state index is 13.3. The molecule has 152 valence electrons. The number of carbonyl (C=O) groups excluding carboxylic acids is 1. The summed E-state index contributed by atoms with van der Waals surface area (Å²) in [5.41, 5.74) is 7.40. The van der Waals surface area contributed by atoms with E-state index in [1.165, 1.54) is 5.56 Å². The van der Waals surface area contributed by atoms with Gasteiger partial charge in [-0.2, -0.15) is 0 Å². The van der Waals surface area contributed by atoms with Gasteiger partial charge < -0.3 is 10.2 Å². The first-order valence-corrected chi connectivity index (χ1v) is 10.4. The van der Waals surface area contributed by atoms with Crippen LogP contribution in [0.4, 0.5) is 11.4 Å². The number of nitrogens with one attached hydrogen (secondary N) is 1. The number of pyridine rings is 1. The van der Waals surface area contributed by atoms with Crippen LogP contribution in [0.15, 0.2) is 42.5 Å². The Bertz CT molecular complexity index is 1020. The summed E-state index contributed by atoms with van der Waals surface area (Å²) in [7, 11) is 0. The molecule has 0 bridgehead atoms. The molecule has 0 saturated heterocycles. The highest BCUT2D eigenvalue weighted by Gasteiger charge is 2.23. The summed E-state index contributed by atoms with van der Waals surface area (Å²) in [4.78, 5) is 20.0. The predicted molar refractivity (Wildman–Crippen MR) is 123 cm³/mol. The zero-order valence-corrected chi connectivity index (χ0v) is 18.3. The number of para-hydroxylation sites is 2. The lowest BCUT2D eigenvalue weighted by Gasteiger charge is -2.30. The van der Waals surface area contributed by atoms with E-state index >= 15 is 0 Å². The van der Waals surface area contributed by atoms with Gasteiger partial charge in [-0.05, 0) is 63.8 Å². The molecular formula is C25H31N3O. The first-order chi connectivity index (χ1) is 13.8. The number of benzene rings is 2. The first-order valence-electron chi connectivity index (χ1n) is 10.4. The van der Waals surface area contributed by atoms with Crippen LogP contribution in [0.2, 0.25) is 0 Å². The van der Waals surface area contributed by atoms with E-state index < -0.39 is 0 Å². The molecule has 0 unspecified atom stereocenters. The van der Waals surface area contributed by atoms with Gasteiger partial charge in [0.05, 0.1) is 12.1 Å². The first kappa shape index (κ1) is 20.8. The van der Waals surface area contributed by atoms with Crippen molar-refractivity contribution in [1.82, 2.24) is 4.98 Å². The van der Waals surface area contributed by atoms with Crippen LogP contribution in [-0.2, 0) is 11.2 Å². The fraction of sp³-hybridized carbons (Fsp3) is 0.360. The Kier molecular flexibility index (Phi) is 6.21. The number of carbonyl (C=O) groups is 1. The molecule has 0 spiro atoms. The average molecular weight is 390 g/mol. The molecule has 1 aromatic heterocycles. The number of rotatable bonds is 6. The summed E-state index contributed by atoms with van der Waals surface area (Å²) in [6.07, 6.45) is 0.866. The summed E-state index contributed by atoms with van der Waals surface area (Å²) < 4.78 is 0. The summed E-state index contributed by atoms with van der Waals surface area (Å²) >= 11 is 0. The molecule has 0 atom stereocenters. The molecule has 0 aliphatic heterocycles. The summed E-state index contributed by atoms with van der Waals surface area (Å²) in [5, 5.41) is 4.52. The number of aryl methyl sites for hydroxylation is 3. The van der Waals surface area contributed by atoms with Crippen molar-refractivity contribution >= 4 is 28.2 Å². The number of anilines is 2. The van der Waals surface area contributed by atoms with Crippen LogP contribution in [0.1, 0.15) is 43.2 Å². The summed E-state index contributed by atoms with van der Waals surface area (Å²) in [5.74, 6) is 0.0676. The van der Waals surface area contributed by atoms with Crippen LogP contribution < -0.4 is 10.2 Å². The van der Waals surface area contributed by atoms with Crippen molar-refractivity contribution in [3.8, 4) is 0 Å². The second-order valence-electron chi connectivity index (χ2n) is 7.87. The van der Waals surface area contributed by atoms with Gasteiger partial charge >= 0.3 is 0 Å². The lowest BCUT2D eigenvalue weighted by atomic mass is 10.0. The van der Waals surface area contributed by atoms with Crippen molar-refractivity contribution in [1.29, 1.82) is 0 Å². The van der Waals surface area contributed by atoms with Crippen LogP contribution in [0.25, 0.3) is 10.9 Å². The van der Waals surface area contributed by atoms with Crippen molar-refractivity contribution in [2.24, 2.45) is 0 Å². The lowest BCUT2D eigenvalue weighted by molar-refractivity contribution is -0.117. The van der Waals surface area contributed by atoms with Gasteiger partial charge in [0.15, 0.2) is 0 Å². The molecule has 3 rings (SSSR count). The molecule has 0 fully saturated rings. The van der Waals surface area contributed by atoms with Gasteiger partial charge in [0.1, 0.15) is 0 Å². The number of aromatic nitrogens is 1. The Morgan fingerprint density at radius 3 is 2.31 bits per heavy atom. The maximum absolute atomic E-state index is 13.3. The molecule has 1 amide bonds. The molecular weight excluding hydrogens is 358 g/mol. The molecule has 3 aromatic rings. The Hall–Kier alpha value is -2.88. The van der Waals surface area contributed by atoms with Crippen LogP contribution >= 0.6 is 0 Å². The summed E-state index contributed by atoms with van der Waals surface area (Å²) in [6.45, 7) is 12.7. The highest BCUT2D eigenvalue weighted by Crippen LogP contribution is 2.30. The Morgan fingerprint density at radius 2 is 1.69 bits per heavy atom. The highest BCUT2D eigenvalue weighted by molar-refractivity contribution is 6.00. The minimum Gasteiger partial charge on any atom is -0.375 e. The van der Waals surface area contributed by atoms with Crippen molar-refractivity contribution in [3.63, 3.8) is 0 Å². The van der Waals surface area contributed by atoms with Gasteiger partial charge in [0.25, 0.3) is 0 Å². The quantitative estimate of drug-likeness (QED) is 0.599. The number of hydrogen-bond donors (Lipinski definition) is 1. The molecule has 0 aliphatic carbocycles. The van der Waals surface area contributed by atoms with Gasteiger partial charge in [-0.1, -0.05) is 43.3 Å². The zero-order valence-electron chi connectivity index (χ0n) is 18.3. The Morgan fingerprint density at radius 1 is 1.03 bits per heavy atom. The lowest BCUT2D eigenvalue weighted by Crippen LogP contribution is -2.41. The maximum Gasteiger partial charge on any atom is 0.246 e. The number of nitrogens with zero attached hydrogens (tertiary/aromatic N) is 2. The zero-order chi connectivity index (χ0) is 21.1. The molecule has 4 nitrogen and oxygen atoms in total. The van der Waals surface area contributed by atoms with Gasteiger partial charge in [-0.15, -0.1) is 0 Å². The van der Waals surface area contributed by atoms with Crippen LogP contribution in [0.5, 0.6) is 0 Å². The molecule has 0 radical (unpaired) electrons. The third kappa shape index (κ3) is 4.12. The van der Waals surface area contributed by atoms with Crippen molar-refractivity contribution < 1.29 is 4.79 Å². The molecule has 1 heterocycles. The van der Waals surface area contributed by atoms with E-state index in [1.807, 2.05) is 36.1 Å². The highest BCUT2D eigenvalue weighted by atomic mass is 16.2. The minimum absolute atomic E-state index is 0.0676. The number of hydrogen-bond acceptors (Lipinski definition) is 3. The molecule has 1 N–H and O–H groups in total. The van der Waals surface area contributed by atoms with Crippen LogP contribution in [0, 0.1) is 20.8 Å². The monoisotopic (exact) mass is 389 g/mol. The topological polar surface area (TPSA) is 45.2 Å². The third-order valence-corrected chi connectivity index (χ3v) is 5.44. The molecule has 29 heavy (non-hydrogen) atoms. The Balaban J connectivity index is 1.96. The second kappa shape index (κ2) is 8.64. The van der Waals surface area contributed by atoms with Gasteiger partial charge in [0, 0.05) is 28.5 Å². The Labute approximate surface area is 174 Å². The normalized spacial score (nSPS) is 11.1. The largest absolute Gasteiger partial charge is 0.375 e. The molecule has 0 aliphatic rings. The smallest absolute Gasteiger partial charge is 0.246 e. The van der Waals surface area contributed by atoms with E-state index in [0.29, 0.717) is 0 Å². The van der Waals surface area contributed by atoms with Crippen molar-refractivity contribution in [2.75, 3.05) is 16.8 Å². The summed E-state index contributed by atoms with van der Waals surface area (Å²) in [6, 6.07) is 14.3. The van der Waals surface area contributed by atoms with E-state index in [2.05, 4.69) is 58.1 Å². The van der Waals surface area contributed by atoms with Crippen molar-refractivity contribution in [2.45, 2.75) is 54.0 Å².